The number of rotatable bonds is 4. The van der Waals surface area contributed by atoms with Crippen molar-refractivity contribution in [1.29, 1.82) is 0 Å². The second kappa shape index (κ2) is 8.39. The maximum Gasteiger partial charge on any atom is 0.289 e. The molecule has 3 heterocycles. The molecule has 0 N–H and O–H groups in total. The first-order valence-electron chi connectivity index (χ1n) is 11.2. The van der Waals surface area contributed by atoms with E-state index >= 15 is 0 Å². The van der Waals surface area contributed by atoms with Crippen molar-refractivity contribution in [2.24, 2.45) is 0 Å². The second-order valence-corrected chi connectivity index (χ2v) is 8.74. The Balaban J connectivity index is 1.27. The number of benzene rings is 2. The van der Waals surface area contributed by atoms with Crippen LogP contribution in [0.25, 0.3) is 22.4 Å². The van der Waals surface area contributed by atoms with Crippen molar-refractivity contribution in [2.75, 3.05) is 20.2 Å². The Bertz CT molecular complexity index is 1310. The van der Waals surface area contributed by atoms with Gasteiger partial charge in [-0.2, -0.15) is 4.98 Å². The molecule has 1 saturated heterocycles. The van der Waals surface area contributed by atoms with E-state index in [4.69, 9.17) is 13.7 Å². The minimum absolute atomic E-state index is 0.0538. The van der Waals surface area contributed by atoms with Crippen LogP contribution in [0, 0.1) is 20.8 Å². The molecule has 0 unspecified atom stereocenters. The number of aromatic nitrogens is 2. The summed E-state index contributed by atoms with van der Waals surface area (Å²) >= 11 is 0. The lowest BCUT2D eigenvalue weighted by atomic mass is 9.96. The summed E-state index contributed by atoms with van der Waals surface area (Å²) in [6, 6.07) is 11.7. The lowest BCUT2D eigenvalue weighted by molar-refractivity contribution is 0.0674. The van der Waals surface area contributed by atoms with Crippen molar-refractivity contribution in [3.63, 3.8) is 0 Å². The highest BCUT2D eigenvalue weighted by atomic mass is 16.5. The highest BCUT2D eigenvalue weighted by molar-refractivity contribution is 5.99. The van der Waals surface area contributed by atoms with E-state index in [1.54, 1.807) is 7.11 Å². The van der Waals surface area contributed by atoms with E-state index in [0.717, 1.165) is 46.3 Å². The molecule has 0 spiro atoms. The normalized spacial score (nSPS) is 14.7. The number of methoxy groups -OCH3 is 1. The standard InChI is InChI=1S/C26H27N3O4/c1-15-13-21-17(3)23(32-22(21)14-16(15)2)26(30)29-11-9-19(10-12-29)25-27-24(28-33-25)18-5-7-20(31-4)8-6-18/h5-8,13-14,19H,9-12H2,1-4H3. The third-order valence-corrected chi connectivity index (χ3v) is 6.67. The van der Waals surface area contributed by atoms with E-state index in [0.29, 0.717) is 30.6 Å². The Labute approximate surface area is 192 Å². The molecule has 1 aliphatic rings. The van der Waals surface area contributed by atoms with E-state index < -0.39 is 0 Å². The van der Waals surface area contributed by atoms with Gasteiger partial charge in [0.05, 0.1) is 7.11 Å². The highest BCUT2D eigenvalue weighted by Crippen LogP contribution is 2.32. The number of ether oxygens (including phenoxy) is 1. The summed E-state index contributed by atoms with van der Waals surface area (Å²) < 4.78 is 16.7. The van der Waals surface area contributed by atoms with E-state index in [9.17, 15) is 4.79 Å². The average molecular weight is 446 g/mol. The number of aryl methyl sites for hydroxylation is 3. The minimum atomic E-state index is -0.0538. The molecule has 0 bridgehead atoms. The van der Waals surface area contributed by atoms with Gasteiger partial charge in [0.2, 0.25) is 11.7 Å². The van der Waals surface area contributed by atoms with Gasteiger partial charge in [0, 0.05) is 35.5 Å². The Morgan fingerprint density at radius 3 is 2.45 bits per heavy atom. The van der Waals surface area contributed by atoms with Gasteiger partial charge in [0.25, 0.3) is 5.91 Å². The van der Waals surface area contributed by atoms with E-state index in [1.165, 1.54) is 5.56 Å². The molecule has 170 valence electrons. The number of likely N-dealkylation sites (tertiary alicyclic amines) is 1. The van der Waals surface area contributed by atoms with E-state index in [1.807, 2.05) is 42.2 Å². The van der Waals surface area contributed by atoms with Crippen molar-refractivity contribution < 1.29 is 18.5 Å². The molecule has 4 aromatic rings. The molecule has 0 atom stereocenters. The molecular formula is C26H27N3O4. The number of furan rings is 1. The number of hydrogen-bond acceptors (Lipinski definition) is 6. The lowest BCUT2D eigenvalue weighted by Gasteiger charge is -2.29. The minimum Gasteiger partial charge on any atom is -0.497 e. The highest BCUT2D eigenvalue weighted by Gasteiger charge is 2.30. The van der Waals surface area contributed by atoms with Gasteiger partial charge in [0.1, 0.15) is 11.3 Å². The summed E-state index contributed by atoms with van der Waals surface area (Å²) in [6.07, 6.45) is 1.54. The van der Waals surface area contributed by atoms with Crippen LogP contribution in [0.5, 0.6) is 5.75 Å². The molecule has 5 rings (SSSR count). The topological polar surface area (TPSA) is 81.6 Å². The zero-order valence-electron chi connectivity index (χ0n) is 19.3. The monoisotopic (exact) mass is 445 g/mol. The summed E-state index contributed by atoms with van der Waals surface area (Å²) in [6.45, 7) is 7.33. The largest absolute Gasteiger partial charge is 0.497 e. The lowest BCUT2D eigenvalue weighted by Crippen LogP contribution is -2.38. The number of nitrogens with zero attached hydrogens (tertiary/aromatic N) is 3. The predicted molar refractivity (Wildman–Crippen MR) is 125 cm³/mol. The van der Waals surface area contributed by atoms with Crippen LogP contribution in [-0.4, -0.2) is 41.1 Å². The van der Waals surface area contributed by atoms with Gasteiger partial charge in [-0.3, -0.25) is 4.79 Å². The number of fused-ring (bicyclic) bond motifs is 1. The predicted octanol–water partition coefficient (Wildman–Crippen LogP) is 5.44. The van der Waals surface area contributed by atoms with Crippen LogP contribution in [0.2, 0.25) is 0 Å². The van der Waals surface area contributed by atoms with Crippen molar-refractivity contribution in [3.8, 4) is 17.1 Å². The summed E-state index contributed by atoms with van der Waals surface area (Å²) in [4.78, 5) is 19.7. The summed E-state index contributed by atoms with van der Waals surface area (Å²) in [7, 11) is 1.63. The fraction of sp³-hybridized carbons (Fsp3) is 0.346. The first kappa shape index (κ1) is 21.2. The zero-order valence-corrected chi connectivity index (χ0v) is 19.3. The molecule has 2 aromatic heterocycles. The Hall–Kier alpha value is -3.61. The SMILES string of the molecule is COc1ccc(-c2noc(C3CCN(C(=O)c4oc5cc(C)c(C)cc5c4C)CC3)n2)cc1. The number of piperidine rings is 1. The van der Waals surface area contributed by atoms with Crippen molar-refractivity contribution in [3.05, 3.63) is 64.7 Å². The smallest absolute Gasteiger partial charge is 0.289 e. The Morgan fingerprint density at radius 1 is 1.06 bits per heavy atom. The van der Waals surface area contributed by atoms with Crippen molar-refractivity contribution in [1.82, 2.24) is 15.0 Å². The number of amides is 1. The first-order valence-corrected chi connectivity index (χ1v) is 11.2. The summed E-state index contributed by atoms with van der Waals surface area (Å²) in [5.74, 6) is 2.49. The third-order valence-electron chi connectivity index (χ3n) is 6.67. The first-order chi connectivity index (χ1) is 15.9. The fourth-order valence-electron chi connectivity index (χ4n) is 4.41. The zero-order chi connectivity index (χ0) is 23.1. The summed E-state index contributed by atoms with van der Waals surface area (Å²) in [5, 5.41) is 5.15. The van der Waals surface area contributed by atoms with Gasteiger partial charge in [-0.25, -0.2) is 0 Å². The van der Waals surface area contributed by atoms with Gasteiger partial charge < -0.3 is 18.6 Å². The number of carbonyl (C=O) groups excluding carboxylic acids is 1. The Kier molecular flexibility index (Phi) is 5.40. The molecule has 1 amide bonds. The molecular weight excluding hydrogens is 418 g/mol. The van der Waals surface area contributed by atoms with Crippen LogP contribution in [0.3, 0.4) is 0 Å². The maximum atomic E-state index is 13.2. The van der Waals surface area contributed by atoms with Crippen LogP contribution in [0.4, 0.5) is 0 Å². The molecule has 0 radical (unpaired) electrons. The van der Waals surface area contributed by atoms with Gasteiger partial charge in [-0.05, 0) is 81.1 Å². The van der Waals surface area contributed by atoms with Crippen LogP contribution in [0.1, 0.15) is 51.9 Å². The maximum absolute atomic E-state index is 13.2. The molecule has 1 fully saturated rings. The van der Waals surface area contributed by atoms with E-state index in [2.05, 4.69) is 30.1 Å². The molecule has 1 aliphatic heterocycles. The van der Waals surface area contributed by atoms with Gasteiger partial charge in [0.15, 0.2) is 5.76 Å². The fourth-order valence-corrected chi connectivity index (χ4v) is 4.41. The Morgan fingerprint density at radius 2 is 1.76 bits per heavy atom. The molecule has 7 heteroatoms. The molecule has 7 nitrogen and oxygen atoms in total. The summed E-state index contributed by atoms with van der Waals surface area (Å²) in [5.41, 5.74) is 4.90. The van der Waals surface area contributed by atoms with Crippen molar-refractivity contribution in [2.45, 2.75) is 39.5 Å². The van der Waals surface area contributed by atoms with Crippen LogP contribution in [0.15, 0.2) is 45.3 Å². The molecule has 2 aromatic carbocycles. The quantitative estimate of drug-likeness (QED) is 0.416. The van der Waals surface area contributed by atoms with Crippen LogP contribution in [-0.2, 0) is 0 Å². The second-order valence-electron chi connectivity index (χ2n) is 8.74. The number of carbonyl (C=O) groups is 1. The van der Waals surface area contributed by atoms with Gasteiger partial charge in [-0.15, -0.1) is 0 Å². The molecule has 33 heavy (non-hydrogen) atoms. The van der Waals surface area contributed by atoms with Gasteiger partial charge >= 0.3 is 0 Å². The molecule has 0 saturated carbocycles. The van der Waals surface area contributed by atoms with Crippen LogP contribution >= 0.6 is 0 Å². The van der Waals surface area contributed by atoms with Crippen molar-refractivity contribution >= 4 is 16.9 Å². The number of hydrogen-bond donors (Lipinski definition) is 0. The third kappa shape index (κ3) is 3.88. The van der Waals surface area contributed by atoms with Gasteiger partial charge in [-0.1, -0.05) is 5.16 Å². The van der Waals surface area contributed by atoms with Crippen LogP contribution < -0.4 is 4.74 Å². The molecule has 0 aliphatic carbocycles. The average Bonchev–Trinajstić information content (AvgIpc) is 3.45. The van der Waals surface area contributed by atoms with E-state index in [-0.39, 0.29) is 11.8 Å².